The van der Waals surface area contributed by atoms with Gasteiger partial charge in [0.1, 0.15) is 11.9 Å². The molecule has 0 amide bonds. The lowest BCUT2D eigenvalue weighted by Gasteiger charge is -2.18. The van der Waals surface area contributed by atoms with Crippen LogP contribution in [-0.4, -0.2) is 37.2 Å². The van der Waals surface area contributed by atoms with Crippen LogP contribution in [0.2, 0.25) is 0 Å². The Morgan fingerprint density at radius 1 is 1.28 bits per heavy atom. The summed E-state index contributed by atoms with van der Waals surface area (Å²) in [6.45, 7) is 9.74. The number of benzene rings is 1. The lowest BCUT2D eigenvalue weighted by atomic mass is 10.2. The molecule has 136 valence electrons. The van der Waals surface area contributed by atoms with Gasteiger partial charge in [-0.25, -0.2) is 4.98 Å². The van der Waals surface area contributed by atoms with E-state index in [1.54, 1.807) is 18.4 Å². The van der Waals surface area contributed by atoms with Crippen LogP contribution in [-0.2, 0) is 6.42 Å². The van der Waals surface area contributed by atoms with E-state index in [0.29, 0.717) is 6.54 Å². The van der Waals surface area contributed by atoms with Crippen LogP contribution in [0.15, 0.2) is 29.3 Å². The number of rotatable bonds is 7. The zero-order valence-corrected chi connectivity index (χ0v) is 16.5. The summed E-state index contributed by atoms with van der Waals surface area (Å²) in [5.41, 5.74) is 2.33. The fraction of sp³-hybridized carbons (Fsp3) is 0.474. The lowest BCUT2D eigenvalue weighted by Crippen LogP contribution is -2.42. The molecule has 0 saturated heterocycles. The van der Waals surface area contributed by atoms with Gasteiger partial charge >= 0.3 is 0 Å². The zero-order valence-electron chi connectivity index (χ0n) is 15.7. The third-order valence-corrected chi connectivity index (χ3v) is 4.88. The second kappa shape index (κ2) is 9.42. The highest BCUT2D eigenvalue weighted by Crippen LogP contribution is 2.17. The number of aromatic nitrogens is 1. The molecule has 0 saturated carbocycles. The predicted octanol–water partition coefficient (Wildman–Crippen LogP) is 3.24. The molecule has 1 unspecified atom stereocenters. The smallest absolute Gasteiger partial charge is 0.191 e. The summed E-state index contributed by atoms with van der Waals surface area (Å²) >= 11 is 1.76. The summed E-state index contributed by atoms with van der Waals surface area (Å²) in [5.74, 6) is 1.69. The van der Waals surface area contributed by atoms with Gasteiger partial charge in [-0.05, 0) is 45.4 Å². The van der Waals surface area contributed by atoms with Gasteiger partial charge in [0.25, 0.3) is 0 Å². The van der Waals surface area contributed by atoms with Crippen LogP contribution < -0.4 is 15.4 Å². The molecule has 1 aromatic carbocycles. The largest absolute Gasteiger partial charge is 0.489 e. The molecule has 1 aromatic heterocycles. The van der Waals surface area contributed by atoms with Gasteiger partial charge in [0.2, 0.25) is 0 Å². The Bertz CT molecular complexity index is 711. The number of nitrogens with zero attached hydrogens (tertiary/aromatic N) is 2. The summed E-state index contributed by atoms with van der Waals surface area (Å²) in [7, 11) is 1.78. The highest BCUT2D eigenvalue weighted by atomic mass is 32.1. The topological polar surface area (TPSA) is 58.5 Å². The Balaban J connectivity index is 1.73. The minimum Gasteiger partial charge on any atom is -0.489 e. The molecular weight excluding hydrogens is 332 g/mol. The maximum absolute atomic E-state index is 5.93. The number of guanidine groups is 1. The number of hydrogen-bond acceptors (Lipinski definition) is 4. The normalized spacial score (nSPS) is 12.8. The van der Waals surface area contributed by atoms with Gasteiger partial charge in [-0.3, -0.25) is 4.99 Å². The molecule has 1 atom stereocenters. The van der Waals surface area contributed by atoms with Gasteiger partial charge in [-0.1, -0.05) is 12.1 Å². The Labute approximate surface area is 154 Å². The van der Waals surface area contributed by atoms with Crippen molar-refractivity contribution < 1.29 is 4.74 Å². The van der Waals surface area contributed by atoms with Crippen molar-refractivity contribution in [1.82, 2.24) is 15.6 Å². The average molecular weight is 361 g/mol. The van der Waals surface area contributed by atoms with E-state index < -0.39 is 0 Å². The number of ether oxygens (including phenoxy) is 1. The highest BCUT2D eigenvalue weighted by Gasteiger charge is 2.07. The number of thiazole rings is 1. The van der Waals surface area contributed by atoms with Crippen LogP contribution in [0.25, 0.3) is 0 Å². The highest BCUT2D eigenvalue weighted by molar-refractivity contribution is 7.11. The first-order chi connectivity index (χ1) is 12.0. The van der Waals surface area contributed by atoms with Gasteiger partial charge in [-0.2, -0.15) is 0 Å². The van der Waals surface area contributed by atoms with Crippen molar-refractivity contribution in [2.75, 3.05) is 20.1 Å². The fourth-order valence-corrected chi connectivity index (χ4v) is 3.46. The second-order valence-electron chi connectivity index (χ2n) is 6.12. The minimum absolute atomic E-state index is 0.0479. The van der Waals surface area contributed by atoms with Crippen molar-refractivity contribution in [2.45, 2.75) is 40.2 Å². The van der Waals surface area contributed by atoms with Crippen molar-refractivity contribution in [3.05, 3.63) is 45.4 Å². The molecule has 0 aliphatic carbocycles. The lowest BCUT2D eigenvalue weighted by molar-refractivity contribution is 0.223. The average Bonchev–Trinajstić information content (AvgIpc) is 2.88. The molecular formula is C19H28N4OS. The van der Waals surface area contributed by atoms with Crippen molar-refractivity contribution in [1.29, 1.82) is 0 Å². The molecule has 0 radical (unpaired) electrons. The molecule has 0 aliphatic heterocycles. The number of nitrogens with one attached hydrogen (secondary N) is 2. The molecule has 2 aromatic rings. The van der Waals surface area contributed by atoms with Gasteiger partial charge in [0, 0.05) is 24.9 Å². The van der Waals surface area contributed by atoms with Crippen molar-refractivity contribution in [3.8, 4) is 5.75 Å². The van der Waals surface area contributed by atoms with Gasteiger partial charge < -0.3 is 15.4 Å². The monoisotopic (exact) mass is 360 g/mol. The van der Waals surface area contributed by atoms with Gasteiger partial charge in [0.05, 0.1) is 17.2 Å². The summed E-state index contributed by atoms with van der Waals surface area (Å²) in [6.07, 6.45) is 1.000. The molecule has 2 N–H and O–H groups in total. The molecule has 6 heteroatoms. The molecule has 1 heterocycles. The number of aryl methyl sites for hydroxylation is 3. The molecule has 0 bridgehead atoms. The van der Waals surface area contributed by atoms with Crippen molar-refractivity contribution >= 4 is 17.3 Å². The first-order valence-corrected chi connectivity index (χ1v) is 9.40. The van der Waals surface area contributed by atoms with E-state index in [-0.39, 0.29) is 6.10 Å². The SMILES string of the molecule is CN=C(NCCc1sc(C)nc1C)NCC(C)Oc1cccc(C)c1. The molecule has 5 nitrogen and oxygen atoms in total. The molecule has 0 spiro atoms. The third-order valence-electron chi connectivity index (χ3n) is 3.75. The quantitative estimate of drug-likeness (QED) is 0.588. The molecule has 0 fully saturated rings. The summed E-state index contributed by atoms with van der Waals surface area (Å²) < 4.78 is 5.93. The summed E-state index contributed by atoms with van der Waals surface area (Å²) in [6, 6.07) is 8.10. The van der Waals surface area contributed by atoms with E-state index in [9.17, 15) is 0 Å². The fourth-order valence-electron chi connectivity index (χ4n) is 2.52. The maximum Gasteiger partial charge on any atom is 0.191 e. The Morgan fingerprint density at radius 2 is 2.08 bits per heavy atom. The van der Waals surface area contributed by atoms with Crippen LogP contribution in [0.4, 0.5) is 0 Å². The summed E-state index contributed by atoms with van der Waals surface area (Å²) in [5, 5.41) is 7.78. The van der Waals surface area contributed by atoms with Crippen LogP contribution in [0, 0.1) is 20.8 Å². The van der Waals surface area contributed by atoms with Crippen molar-refractivity contribution in [2.24, 2.45) is 4.99 Å². The van der Waals surface area contributed by atoms with E-state index >= 15 is 0 Å². The standard InChI is InChI=1S/C19H28N4OS/c1-13-7-6-8-17(11-13)24-14(2)12-22-19(20-5)21-10-9-18-15(3)23-16(4)25-18/h6-8,11,14H,9-10,12H2,1-5H3,(H2,20,21,22). The summed E-state index contributed by atoms with van der Waals surface area (Å²) in [4.78, 5) is 10.1. The Hall–Kier alpha value is -2.08. The molecule has 0 aliphatic rings. The molecule has 25 heavy (non-hydrogen) atoms. The zero-order chi connectivity index (χ0) is 18.2. The Morgan fingerprint density at radius 3 is 2.72 bits per heavy atom. The first kappa shape index (κ1) is 19.2. The Kier molecular flexibility index (Phi) is 7.25. The van der Waals surface area contributed by atoms with E-state index in [1.807, 2.05) is 32.0 Å². The van der Waals surface area contributed by atoms with Crippen LogP contribution in [0.5, 0.6) is 5.75 Å². The van der Waals surface area contributed by atoms with E-state index in [1.165, 1.54) is 10.4 Å². The van der Waals surface area contributed by atoms with Gasteiger partial charge in [0.15, 0.2) is 5.96 Å². The van der Waals surface area contributed by atoms with Crippen LogP contribution in [0.1, 0.15) is 28.1 Å². The number of aliphatic imine (C=N–C) groups is 1. The third kappa shape index (κ3) is 6.38. The van der Waals surface area contributed by atoms with E-state index in [2.05, 4.69) is 40.5 Å². The number of hydrogen-bond donors (Lipinski definition) is 2. The van der Waals surface area contributed by atoms with Crippen molar-refractivity contribution in [3.63, 3.8) is 0 Å². The molecule has 2 rings (SSSR count). The predicted molar refractivity (Wildman–Crippen MR) is 106 cm³/mol. The first-order valence-electron chi connectivity index (χ1n) is 8.58. The second-order valence-corrected chi connectivity index (χ2v) is 7.40. The van der Waals surface area contributed by atoms with E-state index in [0.717, 1.165) is 35.4 Å². The van der Waals surface area contributed by atoms with Gasteiger partial charge in [-0.15, -0.1) is 11.3 Å². The maximum atomic E-state index is 5.93. The van der Waals surface area contributed by atoms with Crippen LogP contribution >= 0.6 is 11.3 Å². The minimum atomic E-state index is 0.0479. The van der Waals surface area contributed by atoms with E-state index in [4.69, 9.17) is 4.74 Å². The van der Waals surface area contributed by atoms with Crippen LogP contribution in [0.3, 0.4) is 0 Å².